The quantitative estimate of drug-likeness (QED) is 0.935. The van der Waals surface area contributed by atoms with E-state index >= 15 is 0 Å². The minimum Gasteiger partial charge on any atom is -0.338 e. The van der Waals surface area contributed by atoms with Crippen LogP contribution in [0.5, 0.6) is 0 Å². The van der Waals surface area contributed by atoms with Crippen molar-refractivity contribution >= 4 is 17.4 Å². The molecule has 0 bridgehead atoms. The summed E-state index contributed by atoms with van der Waals surface area (Å²) in [6.07, 6.45) is 1.31. The molecule has 1 N–H and O–H groups in total. The van der Waals surface area contributed by atoms with Gasteiger partial charge in [-0.1, -0.05) is 12.1 Å². The maximum Gasteiger partial charge on any atom is 0.272 e. The molecule has 120 valence electrons. The van der Waals surface area contributed by atoms with Crippen molar-refractivity contribution in [2.24, 2.45) is 0 Å². The second-order valence-corrected chi connectivity index (χ2v) is 5.49. The summed E-state index contributed by atoms with van der Waals surface area (Å²) in [4.78, 5) is 24.5. The first-order valence-electron chi connectivity index (χ1n) is 7.45. The molecule has 1 amide bonds. The van der Waals surface area contributed by atoms with E-state index in [9.17, 15) is 9.18 Å². The molecule has 0 radical (unpaired) electrons. The van der Waals surface area contributed by atoms with Crippen LogP contribution in [0, 0.1) is 5.82 Å². The minimum absolute atomic E-state index is 0.128. The Morgan fingerprint density at radius 3 is 2.65 bits per heavy atom. The average Bonchev–Trinajstić information content (AvgIpc) is 2.57. The Labute approximate surface area is 134 Å². The maximum atomic E-state index is 13.7. The van der Waals surface area contributed by atoms with E-state index in [0.717, 1.165) is 13.1 Å². The van der Waals surface area contributed by atoms with Crippen LogP contribution in [0.15, 0.2) is 36.7 Å². The van der Waals surface area contributed by atoms with Gasteiger partial charge in [0, 0.05) is 32.2 Å². The predicted octanol–water partition coefficient (Wildman–Crippen LogP) is 1.75. The summed E-state index contributed by atoms with van der Waals surface area (Å²) in [6, 6.07) is 7.86. The lowest BCUT2D eigenvalue weighted by atomic mass is 10.2. The lowest BCUT2D eigenvalue weighted by molar-refractivity contribution is 0.0658. The Kier molecular flexibility index (Phi) is 4.47. The van der Waals surface area contributed by atoms with Crippen molar-refractivity contribution in [3.05, 3.63) is 48.2 Å². The van der Waals surface area contributed by atoms with Gasteiger partial charge in [0.25, 0.3) is 5.91 Å². The van der Waals surface area contributed by atoms with Gasteiger partial charge in [-0.3, -0.25) is 4.79 Å². The smallest absolute Gasteiger partial charge is 0.272 e. The summed E-state index contributed by atoms with van der Waals surface area (Å²) in [5.74, 6) is -0.113. The Hall–Kier alpha value is -2.54. The van der Waals surface area contributed by atoms with Gasteiger partial charge in [-0.15, -0.1) is 0 Å². The highest BCUT2D eigenvalue weighted by atomic mass is 19.1. The molecule has 0 aliphatic carbocycles. The van der Waals surface area contributed by atoms with Crippen molar-refractivity contribution < 1.29 is 9.18 Å². The second kappa shape index (κ2) is 6.70. The van der Waals surface area contributed by atoms with Crippen LogP contribution in [0.1, 0.15) is 10.5 Å². The fourth-order valence-corrected chi connectivity index (χ4v) is 2.41. The molecule has 0 saturated carbocycles. The molecule has 2 heterocycles. The number of nitrogens with one attached hydrogen (secondary N) is 1. The van der Waals surface area contributed by atoms with Crippen LogP contribution in [-0.2, 0) is 0 Å². The normalized spacial score (nSPS) is 15.5. The zero-order chi connectivity index (χ0) is 16.2. The van der Waals surface area contributed by atoms with E-state index in [1.165, 1.54) is 12.4 Å². The summed E-state index contributed by atoms with van der Waals surface area (Å²) in [6.45, 7) is 3.04. The number of aromatic nitrogens is 2. The average molecular weight is 315 g/mol. The monoisotopic (exact) mass is 315 g/mol. The van der Waals surface area contributed by atoms with Gasteiger partial charge in [0.1, 0.15) is 23.7 Å². The topological polar surface area (TPSA) is 61.4 Å². The van der Waals surface area contributed by atoms with Crippen LogP contribution in [0.3, 0.4) is 0 Å². The number of para-hydroxylation sites is 1. The van der Waals surface area contributed by atoms with Gasteiger partial charge in [0.05, 0.1) is 5.69 Å². The molecule has 1 aliphatic rings. The third kappa shape index (κ3) is 3.62. The second-order valence-electron chi connectivity index (χ2n) is 5.49. The number of amides is 1. The first-order chi connectivity index (χ1) is 11.1. The molecule has 0 atom stereocenters. The third-order valence-electron chi connectivity index (χ3n) is 3.81. The van der Waals surface area contributed by atoms with Gasteiger partial charge in [-0.05, 0) is 19.2 Å². The molecule has 6 nitrogen and oxygen atoms in total. The van der Waals surface area contributed by atoms with Crippen LogP contribution >= 0.6 is 0 Å². The number of benzene rings is 1. The maximum absolute atomic E-state index is 13.7. The van der Waals surface area contributed by atoms with Crippen molar-refractivity contribution in [3.8, 4) is 0 Å². The van der Waals surface area contributed by atoms with E-state index in [-0.39, 0.29) is 11.7 Å². The molecule has 0 unspecified atom stereocenters. The van der Waals surface area contributed by atoms with Crippen molar-refractivity contribution in [1.29, 1.82) is 0 Å². The number of piperazine rings is 1. The molecule has 3 rings (SSSR count). The fraction of sp³-hybridized carbons (Fsp3) is 0.312. The SMILES string of the molecule is CN1CCN(C(=O)c2cc(Nc3ccccc3F)ncn2)CC1. The summed E-state index contributed by atoms with van der Waals surface area (Å²) >= 11 is 0. The summed E-state index contributed by atoms with van der Waals surface area (Å²) in [5.41, 5.74) is 0.618. The van der Waals surface area contributed by atoms with Gasteiger partial charge in [-0.25, -0.2) is 14.4 Å². The van der Waals surface area contributed by atoms with Gasteiger partial charge in [-0.2, -0.15) is 0 Å². The Morgan fingerprint density at radius 1 is 1.17 bits per heavy atom. The number of hydrogen-bond acceptors (Lipinski definition) is 5. The first kappa shape index (κ1) is 15.4. The van der Waals surface area contributed by atoms with E-state index in [1.807, 2.05) is 7.05 Å². The highest BCUT2D eigenvalue weighted by Gasteiger charge is 2.21. The van der Waals surface area contributed by atoms with Crippen LogP contribution < -0.4 is 5.32 Å². The summed E-state index contributed by atoms with van der Waals surface area (Å²) < 4.78 is 13.7. The number of halogens is 1. The van der Waals surface area contributed by atoms with Crippen LogP contribution in [-0.4, -0.2) is 58.9 Å². The van der Waals surface area contributed by atoms with Gasteiger partial charge in [0.15, 0.2) is 0 Å². The standard InChI is InChI=1S/C16H18FN5O/c1-21-6-8-22(9-7-21)16(23)14-10-15(19-11-18-14)20-13-5-3-2-4-12(13)17/h2-5,10-11H,6-9H2,1H3,(H,18,19,20). The van der Waals surface area contributed by atoms with Crippen LogP contribution in [0.25, 0.3) is 0 Å². The molecule has 23 heavy (non-hydrogen) atoms. The highest BCUT2D eigenvalue weighted by Crippen LogP contribution is 2.18. The molecule has 2 aromatic rings. The number of carbonyl (C=O) groups is 1. The molecule has 7 heteroatoms. The number of rotatable bonds is 3. The van der Waals surface area contributed by atoms with Gasteiger partial charge in [0.2, 0.25) is 0 Å². The summed E-state index contributed by atoms with van der Waals surface area (Å²) in [7, 11) is 2.03. The van der Waals surface area contributed by atoms with Crippen molar-refractivity contribution in [1.82, 2.24) is 19.8 Å². The molecule has 1 fully saturated rings. The van der Waals surface area contributed by atoms with E-state index < -0.39 is 0 Å². The molecule has 1 aromatic heterocycles. The van der Waals surface area contributed by atoms with Crippen molar-refractivity contribution in [2.45, 2.75) is 0 Å². The molecular weight excluding hydrogens is 297 g/mol. The van der Waals surface area contributed by atoms with Gasteiger partial charge < -0.3 is 15.1 Å². The molecule has 1 aliphatic heterocycles. The zero-order valence-electron chi connectivity index (χ0n) is 12.9. The molecular formula is C16H18FN5O. The van der Waals surface area contributed by atoms with Gasteiger partial charge >= 0.3 is 0 Å². The van der Waals surface area contributed by atoms with E-state index in [1.54, 1.807) is 29.2 Å². The Balaban J connectivity index is 1.75. The number of anilines is 2. The highest BCUT2D eigenvalue weighted by molar-refractivity contribution is 5.93. The Bertz CT molecular complexity index is 700. The zero-order valence-corrected chi connectivity index (χ0v) is 12.9. The number of hydrogen-bond donors (Lipinski definition) is 1. The number of carbonyl (C=O) groups excluding carboxylic acids is 1. The lowest BCUT2D eigenvalue weighted by Crippen LogP contribution is -2.47. The van der Waals surface area contributed by atoms with Crippen molar-refractivity contribution in [3.63, 3.8) is 0 Å². The minimum atomic E-state index is -0.377. The number of likely N-dealkylation sites (N-methyl/N-ethyl adjacent to an activating group) is 1. The summed E-state index contributed by atoms with van der Waals surface area (Å²) in [5, 5.41) is 2.87. The van der Waals surface area contributed by atoms with Crippen molar-refractivity contribution in [2.75, 3.05) is 38.5 Å². The fourth-order valence-electron chi connectivity index (χ4n) is 2.41. The Morgan fingerprint density at radius 2 is 1.91 bits per heavy atom. The molecule has 0 spiro atoms. The lowest BCUT2D eigenvalue weighted by Gasteiger charge is -2.32. The first-order valence-corrected chi connectivity index (χ1v) is 7.45. The molecule has 1 saturated heterocycles. The van der Waals surface area contributed by atoms with E-state index in [4.69, 9.17) is 0 Å². The number of nitrogens with zero attached hydrogens (tertiary/aromatic N) is 4. The van der Waals surface area contributed by atoms with E-state index in [0.29, 0.717) is 30.3 Å². The molecule has 1 aromatic carbocycles. The van der Waals surface area contributed by atoms with Crippen LogP contribution in [0.2, 0.25) is 0 Å². The predicted molar refractivity (Wildman–Crippen MR) is 85.1 cm³/mol. The van der Waals surface area contributed by atoms with E-state index in [2.05, 4.69) is 20.2 Å². The largest absolute Gasteiger partial charge is 0.338 e. The third-order valence-corrected chi connectivity index (χ3v) is 3.81. The van der Waals surface area contributed by atoms with Crippen LogP contribution in [0.4, 0.5) is 15.9 Å².